The number of nitrogens with one attached hydrogen (secondary N) is 2. The van der Waals surface area contributed by atoms with Crippen molar-refractivity contribution in [3.8, 4) is 0 Å². The predicted octanol–water partition coefficient (Wildman–Crippen LogP) is 6.61. The van der Waals surface area contributed by atoms with Gasteiger partial charge in [-0.3, -0.25) is 9.59 Å². The maximum atomic E-state index is 14.2. The minimum atomic E-state index is -0.828. The molecule has 216 valence electrons. The van der Waals surface area contributed by atoms with Crippen LogP contribution in [-0.2, 0) is 14.3 Å². The zero-order valence-electron chi connectivity index (χ0n) is 25.6. The van der Waals surface area contributed by atoms with E-state index in [0.717, 1.165) is 42.4 Å². The molecule has 0 aliphatic carbocycles. The van der Waals surface area contributed by atoms with Crippen molar-refractivity contribution in [1.82, 2.24) is 15.5 Å². The minimum absolute atomic E-state index is 0.0803. The van der Waals surface area contributed by atoms with Crippen LogP contribution in [0, 0.1) is 19.8 Å². The molecule has 1 aromatic rings. The Balaban J connectivity index is 3.44. The van der Waals surface area contributed by atoms with Crippen LogP contribution in [-0.4, -0.2) is 47.0 Å². The third-order valence-corrected chi connectivity index (χ3v) is 6.48. The van der Waals surface area contributed by atoms with Crippen LogP contribution in [0.1, 0.15) is 117 Å². The molecule has 0 aliphatic rings. The fraction of sp³-hybridized carbons (Fsp3) is 0.710. The summed E-state index contributed by atoms with van der Waals surface area (Å²) in [6.45, 7) is 19.6. The van der Waals surface area contributed by atoms with E-state index >= 15 is 0 Å². The summed E-state index contributed by atoms with van der Waals surface area (Å²) < 4.78 is 5.46. The molecule has 0 fully saturated rings. The second kappa shape index (κ2) is 15.7. The van der Waals surface area contributed by atoms with Gasteiger partial charge in [-0.2, -0.15) is 0 Å². The fourth-order valence-electron chi connectivity index (χ4n) is 4.33. The molecule has 0 spiro atoms. The molecule has 0 aliphatic heterocycles. The topological polar surface area (TPSA) is 87.7 Å². The van der Waals surface area contributed by atoms with Gasteiger partial charge in [0.05, 0.1) is 0 Å². The van der Waals surface area contributed by atoms with E-state index in [1.807, 2.05) is 59.7 Å². The van der Waals surface area contributed by atoms with E-state index in [-0.39, 0.29) is 23.8 Å². The van der Waals surface area contributed by atoms with Gasteiger partial charge in [0.15, 0.2) is 0 Å². The lowest BCUT2D eigenvalue weighted by atomic mass is 9.96. The number of benzene rings is 1. The molecule has 1 rings (SSSR count). The highest BCUT2D eigenvalue weighted by atomic mass is 16.6. The molecule has 0 radical (unpaired) electrons. The highest BCUT2D eigenvalue weighted by Crippen LogP contribution is 2.27. The molecule has 2 unspecified atom stereocenters. The number of ether oxygens (including phenoxy) is 1. The van der Waals surface area contributed by atoms with Crippen LogP contribution in [0.4, 0.5) is 4.79 Å². The van der Waals surface area contributed by atoms with Crippen LogP contribution in [0.5, 0.6) is 0 Å². The molecule has 0 aromatic heterocycles. The maximum absolute atomic E-state index is 14.2. The number of amides is 3. The fourth-order valence-corrected chi connectivity index (χ4v) is 4.33. The quantitative estimate of drug-likeness (QED) is 0.265. The number of nitrogens with zero attached hydrogens (tertiary/aromatic N) is 1. The first-order valence-corrected chi connectivity index (χ1v) is 14.3. The second-order valence-electron chi connectivity index (χ2n) is 12.1. The predicted molar refractivity (Wildman–Crippen MR) is 155 cm³/mol. The lowest BCUT2D eigenvalue weighted by Gasteiger charge is -2.36. The first kappa shape index (κ1) is 33.5. The summed E-state index contributed by atoms with van der Waals surface area (Å²) in [6.07, 6.45) is 5.73. The van der Waals surface area contributed by atoms with Crippen LogP contribution in [0.3, 0.4) is 0 Å². The SMILES string of the molecule is CCCCCCCCN(C(=O)C(NC(=O)OC(C)(C)C)C(C)C)C(C(=O)NC(C)C)c1ccc(C)c(C)c1. The van der Waals surface area contributed by atoms with Crippen molar-refractivity contribution in [2.45, 2.75) is 131 Å². The number of unbranched alkanes of at least 4 members (excludes halogenated alkanes) is 5. The van der Waals surface area contributed by atoms with Crippen molar-refractivity contribution in [3.05, 3.63) is 34.9 Å². The smallest absolute Gasteiger partial charge is 0.408 e. The molecular weight excluding hydrogens is 478 g/mol. The van der Waals surface area contributed by atoms with Crippen molar-refractivity contribution >= 4 is 17.9 Å². The van der Waals surface area contributed by atoms with Gasteiger partial charge in [0, 0.05) is 12.6 Å². The van der Waals surface area contributed by atoms with Crippen LogP contribution < -0.4 is 10.6 Å². The second-order valence-corrected chi connectivity index (χ2v) is 12.1. The van der Waals surface area contributed by atoms with Crippen molar-refractivity contribution in [2.24, 2.45) is 5.92 Å². The van der Waals surface area contributed by atoms with Crippen LogP contribution in [0.2, 0.25) is 0 Å². The van der Waals surface area contributed by atoms with E-state index in [4.69, 9.17) is 4.74 Å². The van der Waals surface area contributed by atoms with Gasteiger partial charge in [-0.05, 0) is 77.5 Å². The van der Waals surface area contributed by atoms with E-state index in [1.165, 1.54) is 12.8 Å². The highest BCUT2D eigenvalue weighted by molar-refractivity contribution is 5.92. The van der Waals surface area contributed by atoms with Crippen molar-refractivity contribution in [3.63, 3.8) is 0 Å². The number of hydrogen-bond donors (Lipinski definition) is 2. The van der Waals surface area contributed by atoms with E-state index in [2.05, 4.69) is 17.6 Å². The summed E-state index contributed by atoms with van der Waals surface area (Å²) in [7, 11) is 0. The summed E-state index contributed by atoms with van der Waals surface area (Å²) in [5.41, 5.74) is 2.26. The molecule has 1 aromatic carbocycles. The molecule has 38 heavy (non-hydrogen) atoms. The van der Waals surface area contributed by atoms with E-state index in [9.17, 15) is 14.4 Å². The third kappa shape index (κ3) is 11.4. The third-order valence-electron chi connectivity index (χ3n) is 6.48. The highest BCUT2D eigenvalue weighted by Gasteiger charge is 2.37. The van der Waals surface area contributed by atoms with Crippen molar-refractivity contribution in [1.29, 1.82) is 0 Å². The Kier molecular flexibility index (Phi) is 13.9. The first-order valence-electron chi connectivity index (χ1n) is 14.3. The normalized spacial score (nSPS) is 13.3. The lowest BCUT2D eigenvalue weighted by Crippen LogP contribution is -2.55. The summed E-state index contributed by atoms with van der Waals surface area (Å²) in [6, 6.07) is 4.20. The Hall–Kier alpha value is -2.57. The Bertz CT molecular complexity index is 905. The Morgan fingerprint density at radius 2 is 1.50 bits per heavy atom. The molecule has 7 nitrogen and oxygen atoms in total. The number of rotatable bonds is 14. The number of alkyl carbamates (subject to hydrolysis) is 1. The molecule has 3 amide bonds. The summed E-state index contributed by atoms with van der Waals surface area (Å²) in [5.74, 6) is -0.695. The number of carbonyl (C=O) groups excluding carboxylic acids is 3. The summed E-state index contributed by atoms with van der Waals surface area (Å²) in [5, 5.41) is 5.82. The minimum Gasteiger partial charge on any atom is -0.444 e. The Labute approximate surface area is 231 Å². The van der Waals surface area contributed by atoms with Gasteiger partial charge in [-0.25, -0.2) is 4.79 Å². The van der Waals surface area contributed by atoms with Crippen LogP contribution in [0.25, 0.3) is 0 Å². The van der Waals surface area contributed by atoms with Gasteiger partial charge < -0.3 is 20.3 Å². The Morgan fingerprint density at radius 1 is 0.895 bits per heavy atom. The average Bonchev–Trinajstić information content (AvgIpc) is 2.78. The number of carbonyl (C=O) groups is 3. The van der Waals surface area contributed by atoms with Crippen molar-refractivity contribution < 1.29 is 19.1 Å². The average molecular weight is 532 g/mol. The van der Waals surface area contributed by atoms with Crippen LogP contribution in [0.15, 0.2) is 18.2 Å². The van der Waals surface area contributed by atoms with Crippen molar-refractivity contribution in [2.75, 3.05) is 6.54 Å². The number of aryl methyl sites for hydroxylation is 2. The standard InChI is InChI=1S/C31H53N3O4/c1-11-12-13-14-15-16-19-34(29(36)26(21(2)3)33-30(37)38-31(8,9)10)27(28(35)32-22(4)5)25-18-17-23(6)24(7)20-25/h17-18,20-22,26-27H,11-16,19H2,1-10H3,(H,32,35)(H,33,37). The van der Waals surface area contributed by atoms with Crippen LogP contribution >= 0.6 is 0 Å². The summed E-state index contributed by atoms with van der Waals surface area (Å²) >= 11 is 0. The van der Waals surface area contributed by atoms with Gasteiger partial charge in [-0.15, -0.1) is 0 Å². The van der Waals surface area contributed by atoms with E-state index in [0.29, 0.717) is 6.54 Å². The first-order chi connectivity index (χ1) is 17.7. The lowest BCUT2D eigenvalue weighted by molar-refractivity contribution is -0.143. The molecule has 2 atom stereocenters. The Morgan fingerprint density at radius 3 is 2.03 bits per heavy atom. The van der Waals surface area contributed by atoms with Gasteiger partial charge in [0.25, 0.3) is 0 Å². The molecule has 2 N–H and O–H groups in total. The van der Waals surface area contributed by atoms with Gasteiger partial charge in [0.1, 0.15) is 17.7 Å². The van der Waals surface area contributed by atoms with E-state index < -0.39 is 23.8 Å². The molecule has 7 heteroatoms. The van der Waals surface area contributed by atoms with Gasteiger partial charge in [-0.1, -0.05) is 71.1 Å². The number of hydrogen-bond acceptors (Lipinski definition) is 4. The monoisotopic (exact) mass is 531 g/mol. The van der Waals surface area contributed by atoms with Gasteiger partial charge in [0.2, 0.25) is 11.8 Å². The molecular formula is C31H53N3O4. The molecule has 0 heterocycles. The largest absolute Gasteiger partial charge is 0.444 e. The summed E-state index contributed by atoms with van der Waals surface area (Å²) in [4.78, 5) is 42.2. The molecule has 0 bridgehead atoms. The van der Waals surface area contributed by atoms with E-state index in [1.54, 1.807) is 25.7 Å². The molecule has 0 saturated carbocycles. The van der Waals surface area contributed by atoms with Gasteiger partial charge >= 0.3 is 6.09 Å². The molecule has 0 saturated heterocycles. The zero-order chi connectivity index (χ0) is 29.0. The zero-order valence-corrected chi connectivity index (χ0v) is 25.6. The maximum Gasteiger partial charge on any atom is 0.408 e.